The molecule has 1 aromatic carbocycles. The average molecular weight is 375 g/mol. The molecule has 0 atom stereocenters. The van der Waals surface area contributed by atoms with Gasteiger partial charge in [-0.2, -0.15) is 0 Å². The third-order valence-corrected chi connectivity index (χ3v) is 5.39. The van der Waals surface area contributed by atoms with Gasteiger partial charge in [0, 0.05) is 45.0 Å². The second-order valence-electron chi connectivity index (χ2n) is 7.03. The molecule has 1 fully saturated rings. The number of aromatic nitrogens is 1. The molecule has 5 nitrogen and oxygen atoms in total. The average Bonchev–Trinajstić information content (AvgIpc) is 3.36. The number of guanidine groups is 1. The largest absolute Gasteiger partial charge is 0.497 e. The SMILES string of the molecule is CN=C(NCC1(c2ccc(OC)cc2)CC1)N(C)Cc1cc(Cl)cn1C. The minimum absolute atomic E-state index is 0.206. The second-order valence-corrected chi connectivity index (χ2v) is 7.46. The summed E-state index contributed by atoms with van der Waals surface area (Å²) in [5.41, 5.74) is 2.71. The highest BCUT2D eigenvalue weighted by molar-refractivity contribution is 6.30. The van der Waals surface area contributed by atoms with E-state index in [4.69, 9.17) is 16.3 Å². The lowest BCUT2D eigenvalue weighted by molar-refractivity contribution is 0.414. The first-order valence-electron chi connectivity index (χ1n) is 8.84. The fourth-order valence-electron chi connectivity index (χ4n) is 3.34. The number of nitrogens with one attached hydrogen (secondary N) is 1. The number of halogens is 1. The number of rotatable bonds is 6. The topological polar surface area (TPSA) is 41.8 Å². The van der Waals surface area contributed by atoms with Crippen molar-refractivity contribution in [2.24, 2.45) is 12.0 Å². The van der Waals surface area contributed by atoms with Gasteiger partial charge in [0.25, 0.3) is 0 Å². The molecule has 0 bridgehead atoms. The maximum absolute atomic E-state index is 6.09. The van der Waals surface area contributed by atoms with E-state index in [2.05, 4.69) is 27.3 Å². The first-order chi connectivity index (χ1) is 12.5. The van der Waals surface area contributed by atoms with Crippen LogP contribution < -0.4 is 10.1 Å². The molecule has 2 aromatic rings. The molecule has 3 rings (SSSR count). The van der Waals surface area contributed by atoms with Gasteiger partial charge in [-0.3, -0.25) is 4.99 Å². The zero-order chi connectivity index (χ0) is 18.7. The number of benzene rings is 1. The predicted octanol–water partition coefficient (Wildman–Crippen LogP) is 3.43. The molecule has 1 aromatic heterocycles. The Kier molecular flexibility index (Phi) is 5.47. The molecule has 140 valence electrons. The molecule has 1 saturated carbocycles. The van der Waals surface area contributed by atoms with Crippen LogP contribution in [0.25, 0.3) is 0 Å². The molecule has 1 aliphatic carbocycles. The number of ether oxygens (including phenoxy) is 1. The van der Waals surface area contributed by atoms with E-state index in [0.717, 1.165) is 35.5 Å². The zero-order valence-corrected chi connectivity index (χ0v) is 16.7. The predicted molar refractivity (Wildman–Crippen MR) is 107 cm³/mol. The van der Waals surface area contributed by atoms with E-state index >= 15 is 0 Å². The summed E-state index contributed by atoms with van der Waals surface area (Å²) in [7, 11) is 7.57. The van der Waals surface area contributed by atoms with Crippen LogP contribution in [0, 0.1) is 0 Å². The maximum atomic E-state index is 6.09. The Labute approximate surface area is 160 Å². The molecular weight excluding hydrogens is 348 g/mol. The van der Waals surface area contributed by atoms with E-state index in [9.17, 15) is 0 Å². The summed E-state index contributed by atoms with van der Waals surface area (Å²) in [5.74, 6) is 1.79. The molecule has 0 spiro atoms. The highest BCUT2D eigenvalue weighted by atomic mass is 35.5. The van der Waals surface area contributed by atoms with Gasteiger partial charge in [0.2, 0.25) is 0 Å². The van der Waals surface area contributed by atoms with Gasteiger partial charge in [-0.15, -0.1) is 0 Å². The van der Waals surface area contributed by atoms with Crippen molar-refractivity contribution in [1.29, 1.82) is 0 Å². The summed E-state index contributed by atoms with van der Waals surface area (Å²) >= 11 is 6.09. The third-order valence-electron chi connectivity index (χ3n) is 5.19. The van der Waals surface area contributed by atoms with Crippen molar-refractivity contribution in [3.8, 4) is 5.75 Å². The molecule has 0 aliphatic heterocycles. The van der Waals surface area contributed by atoms with Crippen LogP contribution in [-0.2, 0) is 19.0 Å². The lowest BCUT2D eigenvalue weighted by atomic mass is 9.96. The Bertz CT molecular complexity index is 778. The molecule has 26 heavy (non-hydrogen) atoms. The Morgan fingerprint density at radius 2 is 2.04 bits per heavy atom. The van der Waals surface area contributed by atoms with Gasteiger partial charge in [-0.25, -0.2) is 0 Å². The lowest BCUT2D eigenvalue weighted by Crippen LogP contribution is -2.42. The van der Waals surface area contributed by atoms with Gasteiger partial charge in [0.15, 0.2) is 5.96 Å². The Morgan fingerprint density at radius 3 is 2.54 bits per heavy atom. The van der Waals surface area contributed by atoms with Crippen LogP contribution in [0.1, 0.15) is 24.1 Å². The normalized spacial score (nSPS) is 15.7. The van der Waals surface area contributed by atoms with Gasteiger partial charge in [-0.05, 0) is 36.6 Å². The van der Waals surface area contributed by atoms with Crippen molar-refractivity contribution in [3.63, 3.8) is 0 Å². The minimum Gasteiger partial charge on any atom is -0.497 e. The molecule has 0 unspecified atom stereocenters. The van der Waals surface area contributed by atoms with E-state index in [1.165, 1.54) is 18.4 Å². The molecule has 0 radical (unpaired) electrons. The quantitative estimate of drug-likeness (QED) is 0.622. The van der Waals surface area contributed by atoms with Gasteiger partial charge < -0.3 is 19.5 Å². The number of aliphatic imine (C=N–C) groups is 1. The summed E-state index contributed by atoms with van der Waals surface area (Å²) in [6.45, 7) is 1.63. The minimum atomic E-state index is 0.206. The van der Waals surface area contributed by atoms with Crippen molar-refractivity contribution >= 4 is 17.6 Å². The van der Waals surface area contributed by atoms with E-state index in [1.807, 2.05) is 50.1 Å². The summed E-state index contributed by atoms with van der Waals surface area (Å²) in [4.78, 5) is 6.56. The number of hydrogen-bond acceptors (Lipinski definition) is 2. The maximum Gasteiger partial charge on any atom is 0.193 e. The Morgan fingerprint density at radius 1 is 1.35 bits per heavy atom. The molecule has 1 aliphatic rings. The fourth-order valence-corrected chi connectivity index (χ4v) is 3.61. The summed E-state index contributed by atoms with van der Waals surface area (Å²) < 4.78 is 7.31. The van der Waals surface area contributed by atoms with Crippen LogP contribution >= 0.6 is 11.6 Å². The van der Waals surface area contributed by atoms with Crippen LogP contribution in [-0.4, -0.2) is 43.2 Å². The first kappa shape index (κ1) is 18.6. The molecule has 1 N–H and O–H groups in total. The molecular formula is C20H27ClN4O. The smallest absolute Gasteiger partial charge is 0.193 e. The van der Waals surface area contributed by atoms with Gasteiger partial charge in [0.05, 0.1) is 18.7 Å². The van der Waals surface area contributed by atoms with E-state index in [-0.39, 0.29) is 5.41 Å². The number of nitrogens with zero attached hydrogens (tertiary/aromatic N) is 3. The van der Waals surface area contributed by atoms with E-state index < -0.39 is 0 Å². The number of methoxy groups -OCH3 is 1. The highest BCUT2D eigenvalue weighted by Gasteiger charge is 2.44. The second kappa shape index (κ2) is 7.62. The first-order valence-corrected chi connectivity index (χ1v) is 9.22. The van der Waals surface area contributed by atoms with Crippen LogP contribution in [0.3, 0.4) is 0 Å². The Balaban J connectivity index is 1.62. The monoisotopic (exact) mass is 374 g/mol. The van der Waals surface area contributed by atoms with Crippen molar-refractivity contribution in [2.45, 2.75) is 24.8 Å². The van der Waals surface area contributed by atoms with Crippen molar-refractivity contribution in [2.75, 3.05) is 27.7 Å². The van der Waals surface area contributed by atoms with Crippen LogP contribution in [0.4, 0.5) is 0 Å². The van der Waals surface area contributed by atoms with Crippen LogP contribution in [0.2, 0.25) is 5.02 Å². The fraction of sp³-hybridized carbons (Fsp3) is 0.450. The Hall–Kier alpha value is -2.14. The number of hydrogen-bond donors (Lipinski definition) is 1. The van der Waals surface area contributed by atoms with Crippen LogP contribution in [0.15, 0.2) is 41.5 Å². The van der Waals surface area contributed by atoms with Crippen molar-refractivity contribution < 1.29 is 4.74 Å². The summed E-state index contributed by atoms with van der Waals surface area (Å²) in [5, 5.41) is 4.31. The highest BCUT2D eigenvalue weighted by Crippen LogP contribution is 2.47. The zero-order valence-electron chi connectivity index (χ0n) is 15.9. The van der Waals surface area contributed by atoms with Crippen LogP contribution in [0.5, 0.6) is 5.75 Å². The number of aryl methyl sites for hydroxylation is 1. The van der Waals surface area contributed by atoms with Gasteiger partial charge in [-0.1, -0.05) is 23.7 Å². The molecule has 0 saturated heterocycles. The summed E-state index contributed by atoms with van der Waals surface area (Å²) in [6, 6.07) is 10.4. The van der Waals surface area contributed by atoms with E-state index in [1.54, 1.807) is 7.11 Å². The van der Waals surface area contributed by atoms with E-state index in [0.29, 0.717) is 0 Å². The van der Waals surface area contributed by atoms with Crippen molar-refractivity contribution in [3.05, 3.63) is 52.8 Å². The van der Waals surface area contributed by atoms with Crippen molar-refractivity contribution in [1.82, 2.24) is 14.8 Å². The van der Waals surface area contributed by atoms with Gasteiger partial charge >= 0.3 is 0 Å². The summed E-state index contributed by atoms with van der Waals surface area (Å²) in [6.07, 6.45) is 4.31. The molecule has 1 heterocycles. The van der Waals surface area contributed by atoms with Gasteiger partial charge in [0.1, 0.15) is 5.75 Å². The lowest BCUT2D eigenvalue weighted by Gasteiger charge is -2.25. The molecule has 0 amide bonds. The third kappa shape index (κ3) is 3.98. The standard InChI is InChI=1S/C20H27ClN4O/c1-22-19(25(3)13-17-11-16(21)12-24(17)2)23-14-20(9-10-20)15-5-7-18(26-4)8-6-15/h5-8,11-12H,9-10,13-14H2,1-4H3,(H,22,23). The molecule has 6 heteroatoms.